The second-order valence-electron chi connectivity index (χ2n) is 3.18. The van der Waals surface area contributed by atoms with Gasteiger partial charge in [0.1, 0.15) is 6.04 Å². The largest absolute Gasteiger partial charge is 0.353 e. The van der Waals surface area contributed by atoms with E-state index in [1.54, 1.807) is 0 Å². The van der Waals surface area contributed by atoms with E-state index in [1.165, 1.54) is 0 Å². The molecule has 1 heterocycles. The molecule has 1 aliphatic rings. The molecule has 12 heavy (non-hydrogen) atoms. The number of carbonyl (C=O) groups is 1. The minimum Gasteiger partial charge on any atom is -0.353 e. The average Bonchev–Trinajstić information content (AvgIpc) is 2.08. The SMILES string of the molecule is CCN1C(C)CNC(=O)C1CN. The molecule has 70 valence electrons. The zero-order valence-corrected chi connectivity index (χ0v) is 7.71. The van der Waals surface area contributed by atoms with Crippen LogP contribution in [-0.4, -0.2) is 42.5 Å². The topological polar surface area (TPSA) is 58.4 Å². The molecule has 2 unspecified atom stereocenters. The highest BCUT2D eigenvalue weighted by Crippen LogP contribution is 2.08. The number of piperazine rings is 1. The van der Waals surface area contributed by atoms with E-state index in [-0.39, 0.29) is 11.9 Å². The molecule has 4 heteroatoms. The van der Waals surface area contributed by atoms with Crippen LogP contribution >= 0.6 is 0 Å². The van der Waals surface area contributed by atoms with Gasteiger partial charge < -0.3 is 11.1 Å². The molecule has 1 fully saturated rings. The van der Waals surface area contributed by atoms with Gasteiger partial charge in [-0.15, -0.1) is 0 Å². The van der Waals surface area contributed by atoms with Gasteiger partial charge in [-0.25, -0.2) is 0 Å². The fourth-order valence-corrected chi connectivity index (χ4v) is 1.72. The fraction of sp³-hybridized carbons (Fsp3) is 0.875. The Balaban J connectivity index is 2.68. The molecular weight excluding hydrogens is 154 g/mol. The molecule has 2 atom stereocenters. The number of likely N-dealkylation sites (N-methyl/N-ethyl adjacent to an activating group) is 1. The minimum absolute atomic E-state index is 0.0671. The smallest absolute Gasteiger partial charge is 0.238 e. The lowest BCUT2D eigenvalue weighted by molar-refractivity contribution is -0.130. The van der Waals surface area contributed by atoms with E-state index in [0.717, 1.165) is 13.1 Å². The number of nitrogens with zero attached hydrogens (tertiary/aromatic N) is 1. The van der Waals surface area contributed by atoms with Crippen LogP contribution in [0.4, 0.5) is 0 Å². The summed E-state index contributed by atoms with van der Waals surface area (Å²) in [5.74, 6) is 0.0671. The predicted octanol–water partition coefficient (Wildman–Crippen LogP) is -0.846. The highest BCUT2D eigenvalue weighted by atomic mass is 16.2. The van der Waals surface area contributed by atoms with Crippen LogP contribution in [0.2, 0.25) is 0 Å². The molecule has 3 N–H and O–H groups in total. The van der Waals surface area contributed by atoms with Crippen molar-refractivity contribution >= 4 is 5.91 Å². The summed E-state index contributed by atoms with van der Waals surface area (Å²) in [6.07, 6.45) is 0. The molecule has 0 aliphatic carbocycles. The van der Waals surface area contributed by atoms with Gasteiger partial charge in [0, 0.05) is 19.1 Å². The number of amides is 1. The molecule has 4 nitrogen and oxygen atoms in total. The van der Waals surface area contributed by atoms with Crippen LogP contribution in [0.5, 0.6) is 0 Å². The summed E-state index contributed by atoms with van der Waals surface area (Å²) in [4.78, 5) is 13.4. The average molecular weight is 171 g/mol. The molecule has 0 spiro atoms. The Morgan fingerprint density at radius 1 is 1.75 bits per heavy atom. The van der Waals surface area contributed by atoms with Crippen LogP contribution in [0.25, 0.3) is 0 Å². The molecule has 1 aliphatic heterocycles. The fourth-order valence-electron chi connectivity index (χ4n) is 1.72. The second-order valence-corrected chi connectivity index (χ2v) is 3.18. The molecular formula is C8H17N3O. The Kier molecular flexibility index (Phi) is 3.05. The molecule has 0 aromatic carbocycles. The van der Waals surface area contributed by atoms with Gasteiger partial charge in [-0.3, -0.25) is 9.69 Å². The number of hydrogen-bond donors (Lipinski definition) is 2. The van der Waals surface area contributed by atoms with Gasteiger partial charge in [0.15, 0.2) is 0 Å². The summed E-state index contributed by atoms with van der Waals surface area (Å²) in [5, 5.41) is 2.84. The second kappa shape index (κ2) is 3.87. The highest BCUT2D eigenvalue weighted by molar-refractivity contribution is 5.82. The number of nitrogens with two attached hydrogens (primary N) is 1. The van der Waals surface area contributed by atoms with Crippen LogP contribution in [-0.2, 0) is 4.79 Å². The van der Waals surface area contributed by atoms with E-state index in [0.29, 0.717) is 12.6 Å². The molecule has 0 radical (unpaired) electrons. The van der Waals surface area contributed by atoms with Crippen molar-refractivity contribution in [1.29, 1.82) is 0 Å². The number of nitrogens with one attached hydrogen (secondary N) is 1. The van der Waals surface area contributed by atoms with Crippen LogP contribution in [0.3, 0.4) is 0 Å². The maximum atomic E-state index is 11.3. The Morgan fingerprint density at radius 2 is 2.42 bits per heavy atom. The van der Waals surface area contributed by atoms with E-state index < -0.39 is 0 Å². The number of hydrogen-bond acceptors (Lipinski definition) is 3. The zero-order valence-electron chi connectivity index (χ0n) is 7.71. The Morgan fingerprint density at radius 3 is 2.83 bits per heavy atom. The third kappa shape index (κ3) is 1.59. The Labute approximate surface area is 73.1 Å². The highest BCUT2D eigenvalue weighted by Gasteiger charge is 2.31. The standard InChI is InChI=1S/C8H17N3O/c1-3-11-6(2)5-10-8(12)7(11)4-9/h6-7H,3-5,9H2,1-2H3,(H,10,12). The lowest BCUT2D eigenvalue weighted by Gasteiger charge is -2.38. The number of rotatable bonds is 2. The first-order valence-corrected chi connectivity index (χ1v) is 4.44. The molecule has 1 saturated heterocycles. The van der Waals surface area contributed by atoms with Crippen molar-refractivity contribution in [3.63, 3.8) is 0 Å². The molecule has 0 bridgehead atoms. The first-order chi connectivity index (χ1) is 5.70. The zero-order chi connectivity index (χ0) is 9.14. The van der Waals surface area contributed by atoms with Crippen molar-refractivity contribution in [2.45, 2.75) is 25.9 Å². The maximum absolute atomic E-state index is 11.3. The van der Waals surface area contributed by atoms with Crippen molar-refractivity contribution in [3.05, 3.63) is 0 Å². The number of carbonyl (C=O) groups excluding carboxylic acids is 1. The Hall–Kier alpha value is -0.610. The third-order valence-corrected chi connectivity index (χ3v) is 2.43. The van der Waals surface area contributed by atoms with E-state index in [9.17, 15) is 4.79 Å². The van der Waals surface area contributed by atoms with E-state index >= 15 is 0 Å². The maximum Gasteiger partial charge on any atom is 0.238 e. The van der Waals surface area contributed by atoms with E-state index in [4.69, 9.17) is 5.73 Å². The van der Waals surface area contributed by atoms with E-state index in [1.807, 2.05) is 0 Å². The van der Waals surface area contributed by atoms with Crippen LogP contribution in [0, 0.1) is 0 Å². The van der Waals surface area contributed by atoms with Gasteiger partial charge in [0.2, 0.25) is 5.91 Å². The van der Waals surface area contributed by atoms with Crippen LogP contribution in [0.1, 0.15) is 13.8 Å². The summed E-state index contributed by atoms with van der Waals surface area (Å²) in [6, 6.07) is 0.278. The van der Waals surface area contributed by atoms with Crippen molar-refractivity contribution in [3.8, 4) is 0 Å². The Bertz CT molecular complexity index is 172. The molecule has 1 rings (SSSR count). The monoisotopic (exact) mass is 171 g/mol. The minimum atomic E-state index is -0.126. The first kappa shape index (κ1) is 9.48. The predicted molar refractivity (Wildman–Crippen MR) is 47.7 cm³/mol. The third-order valence-electron chi connectivity index (χ3n) is 2.43. The molecule has 0 saturated carbocycles. The van der Waals surface area contributed by atoms with Crippen LogP contribution < -0.4 is 11.1 Å². The summed E-state index contributed by atoms with van der Waals surface area (Å²) in [7, 11) is 0. The van der Waals surface area contributed by atoms with Crippen molar-refractivity contribution in [2.24, 2.45) is 5.73 Å². The van der Waals surface area contributed by atoms with Crippen molar-refractivity contribution in [2.75, 3.05) is 19.6 Å². The normalized spacial score (nSPS) is 31.8. The summed E-state index contributed by atoms with van der Waals surface area (Å²) in [6.45, 7) is 6.19. The summed E-state index contributed by atoms with van der Waals surface area (Å²) in [5.41, 5.74) is 5.52. The first-order valence-electron chi connectivity index (χ1n) is 4.44. The molecule has 0 aromatic rings. The summed E-state index contributed by atoms with van der Waals surface area (Å²) < 4.78 is 0. The lowest BCUT2D eigenvalue weighted by atomic mass is 10.1. The van der Waals surface area contributed by atoms with Gasteiger partial charge in [0.05, 0.1) is 0 Å². The quantitative estimate of drug-likeness (QED) is 0.569. The van der Waals surface area contributed by atoms with Gasteiger partial charge in [-0.2, -0.15) is 0 Å². The molecule has 1 amide bonds. The van der Waals surface area contributed by atoms with Crippen molar-refractivity contribution in [1.82, 2.24) is 10.2 Å². The van der Waals surface area contributed by atoms with Gasteiger partial charge in [-0.05, 0) is 13.5 Å². The van der Waals surface area contributed by atoms with Gasteiger partial charge in [0.25, 0.3) is 0 Å². The summed E-state index contributed by atoms with van der Waals surface area (Å²) >= 11 is 0. The van der Waals surface area contributed by atoms with E-state index in [2.05, 4.69) is 24.1 Å². The lowest BCUT2D eigenvalue weighted by Crippen LogP contribution is -2.61. The van der Waals surface area contributed by atoms with Crippen LogP contribution in [0.15, 0.2) is 0 Å². The van der Waals surface area contributed by atoms with Crippen molar-refractivity contribution < 1.29 is 4.79 Å². The van der Waals surface area contributed by atoms with Gasteiger partial charge >= 0.3 is 0 Å². The van der Waals surface area contributed by atoms with Gasteiger partial charge in [-0.1, -0.05) is 6.92 Å². The molecule has 0 aromatic heterocycles.